The first-order chi connectivity index (χ1) is 8.66. The number of carbonyl (C=O) groups is 1. The summed E-state index contributed by atoms with van der Waals surface area (Å²) in [6.07, 6.45) is 1.62. The molecule has 5 heteroatoms. The molecule has 0 radical (unpaired) electrons. The molecule has 0 aromatic heterocycles. The van der Waals surface area contributed by atoms with E-state index in [0.29, 0.717) is 32.4 Å². The summed E-state index contributed by atoms with van der Waals surface area (Å²) >= 11 is 0. The predicted octanol–water partition coefficient (Wildman–Crippen LogP) is 0.961. The number of nitrogens with two attached hydrogens (primary N) is 1. The summed E-state index contributed by atoms with van der Waals surface area (Å²) in [6.45, 7) is 1.23. The average Bonchev–Trinajstić information content (AvgIpc) is 2.40. The fraction of sp³-hybridized carbons (Fsp3) is 0.500. The van der Waals surface area contributed by atoms with Crippen molar-refractivity contribution < 1.29 is 9.90 Å². The summed E-state index contributed by atoms with van der Waals surface area (Å²) < 4.78 is 0. The highest BCUT2D eigenvalue weighted by molar-refractivity contribution is 5.85. The number of halogens is 1. The number of piperidine rings is 1. The molecule has 0 bridgehead atoms. The Morgan fingerprint density at radius 1 is 1.32 bits per heavy atom. The molecule has 1 aromatic rings. The Hall–Kier alpha value is -1.10. The highest BCUT2D eigenvalue weighted by atomic mass is 35.5. The van der Waals surface area contributed by atoms with E-state index in [2.05, 4.69) is 0 Å². The van der Waals surface area contributed by atoms with Crippen molar-refractivity contribution in [3.8, 4) is 0 Å². The Labute approximate surface area is 120 Å². The lowest BCUT2D eigenvalue weighted by molar-refractivity contribution is -0.134. The molecule has 1 heterocycles. The van der Waals surface area contributed by atoms with Crippen LogP contribution in [0.5, 0.6) is 0 Å². The second-order valence-electron chi connectivity index (χ2n) is 4.85. The van der Waals surface area contributed by atoms with Crippen LogP contribution in [0, 0.1) is 0 Å². The first-order valence-electron chi connectivity index (χ1n) is 6.43. The molecule has 0 aliphatic carbocycles. The van der Waals surface area contributed by atoms with Gasteiger partial charge in [0.1, 0.15) is 0 Å². The van der Waals surface area contributed by atoms with Crippen molar-refractivity contribution in [1.29, 1.82) is 0 Å². The van der Waals surface area contributed by atoms with E-state index in [1.165, 1.54) is 0 Å². The molecule has 1 amide bonds. The summed E-state index contributed by atoms with van der Waals surface area (Å²) in [6, 6.07) is 9.32. The predicted molar refractivity (Wildman–Crippen MR) is 77.2 cm³/mol. The maximum absolute atomic E-state index is 12.1. The maximum Gasteiger partial charge on any atom is 0.239 e. The van der Waals surface area contributed by atoms with Gasteiger partial charge in [0.05, 0.1) is 12.1 Å². The molecular formula is C14H21ClN2O2. The smallest absolute Gasteiger partial charge is 0.239 e. The van der Waals surface area contributed by atoms with Crippen molar-refractivity contribution in [2.24, 2.45) is 5.73 Å². The van der Waals surface area contributed by atoms with Crippen LogP contribution < -0.4 is 5.73 Å². The van der Waals surface area contributed by atoms with Crippen LogP contribution in [0.25, 0.3) is 0 Å². The Kier molecular flexibility index (Phi) is 6.28. The highest BCUT2D eigenvalue weighted by Crippen LogP contribution is 2.12. The molecule has 1 fully saturated rings. The molecule has 3 N–H and O–H groups in total. The number of carbonyl (C=O) groups excluding carboxylic acids is 1. The van der Waals surface area contributed by atoms with Gasteiger partial charge in [0.25, 0.3) is 0 Å². The summed E-state index contributed by atoms with van der Waals surface area (Å²) in [7, 11) is 0. The third-order valence-electron chi connectivity index (χ3n) is 3.39. The summed E-state index contributed by atoms with van der Waals surface area (Å²) in [5, 5.41) is 9.41. The van der Waals surface area contributed by atoms with E-state index in [1.807, 2.05) is 30.3 Å². The number of aliphatic hydroxyl groups excluding tert-OH is 1. The van der Waals surface area contributed by atoms with Crippen molar-refractivity contribution in [3.05, 3.63) is 35.9 Å². The second-order valence-corrected chi connectivity index (χ2v) is 4.85. The van der Waals surface area contributed by atoms with Crippen molar-refractivity contribution in [1.82, 2.24) is 4.90 Å². The number of benzene rings is 1. The van der Waals surface area contributed by atoms with E-state index in [4.69, 9.17) is 5.73 Å². The molecule has 1 aliphatic heterocycles. The van der Waals surface area contributed by atoms with Crippen LogP contribution in [0.4, 0.5) is 0 Å². The highest BCUT2D eigenvalue weighted by Gasteiger charge is 2.25. The zero-order chi connectivity index (χ0) is 13.0. The molecule has 0 spiro atoms. The molecule has 106 valence electrons. The molecule has 1 aromatic carbocycles. The van der Waals surface area contributed by atoms with Crippen LogP contribution in [0.3, 0.4) is 0 Å². The lowest BCUT2D eigenvalue weighted by atomic mass is 10.0. The number of rotatable bonds is 3. The van der Waals surface area contributed by atoms with E-state index in [0.717, 1.165) is 5.56 Å². The van der Waals surface area contributed by atoms with E-state index >= 15 is 0 Å². The van der Waals surface area contributed by atoms with E-state index < -0.39 is 6.04 Å². The van der Waals surface area contributed by atoms with Crippen molar-refractivity contribution in [2.75, 3.05) is 13.1 Å². The minimum Gasteiger partial charge on any atom is -0.393 e. The fourth-order valence-electron chi connectivity index (χ4n) is 2.28. The standard InChI is InChI=1S/C14H20N2O2.ClH/c15-13(10-11-4-2-1-3-5-11)14(18)16-8-6-12(17)7-9-16;/h1-5,12-13,17H,6-10,15H2;1H/t13-;/m0./s1. The van der Waals surface area contributed by atoms with Gasteiger partial charge in [-0.3, -0.25) is 4.79 Å². The van der Waals surface area contributed by atoms with Crippen LogP contribution in [-0.4, -0.2) is 41.1 Å². The number of nitrogens with zero attached hydrogens (tertiary/aromatic N) is 1. The third-order valence-corrected chi connectivity index (χ3v) is 3.39. The Bertz CT molecular complexity index is 392. The molecule has 1 saturated heterocycles. The Balaban J connectivity index is 0.00000180. The van der Waals surface area contributed by atoms with E-state index in [9.17, 15) is 9.90 Å². The number of likely N-dealkylation sites (tertiary alicyclic amines) is 1. The van der Waals surface area contributed by atoms with Gasteiger partial charge in [-0.25, -0.2) is 0 Å². The number of hydrogen-bond acceptors (Lipinski definition) is 3. The van der Waals surface area contributed by atoms with Crippen LogP contribution in [0.15, 0.2) is 30.3 Å². The molecular weight excluding hydrogens is 264 g/mol. The monoisotopic (exact) mass is 284 g/mol. The van der Waals surface area contributed by atoms with Crippen LogP contribution in [0.1, 0.15) is 18.4 Å². The van der Waals surface area contributed by atoms with Gasteiger partial charge in [-0.05, 0) is 24.8 Å². The van der Waals surface area contributed by atoms with Crippen molar-refractivity contribution >= 4 is 18.3 Å². The lowest BCUT2D eigenvalue weighted by Gasteiger charge is -2.31. The largest absolute Gasteiger partial charge is 0.393 e. The molecule has 0 unspecified atom stereocenters. The van der Waals surface area contributed by atoms with Gasteiger partial charge < -0.3 is 15.7 Å². The van der Waals surface area contributed by atoms with Gasteiger partial charge in [0.2, 0.25) is 5.91 Å². The molecule has 19 heavy (non-hydrogen) atoms. The normalized spacial score (nSPS) is 17.7. The van der Waals surface area contributed by atoms with Gasteiger partial charge in [0.15, 0.2) is 0 Å². The van der Waals surface area contributed by atoms with Crippen molar-refractivity contribution in [2.45, 2.75) is 31.4 Å². The number of amides is 1. The minimum atomic E-state index is -0.484. The van der Waals surface area contributed by atoms with E-state index in [-0.39, 0.29) is 24.4 Å². The molecule has 2 rings (SSSR count). The third kappa shape index (κ3) is 4.49. The first-order valence-corrected chi connectivity index (χ1v) is 6.43. The summed E-state index contributed by atoms with van der Waals surface area (Å²) in [5.41, 5.74) is 7.04. The first kappa shape index (κ1) is 16.0. The minimum absolute atomic E-state index is 0. The van der Waals surface area contributed by atoms with E-state index in [1.54, 1.807) is 4.90 Å². The summed E-state index contributed by atoms with van der Waals surface area (Å²) in [5.74, 6) is -0.00856. The quantitative estimate of drug-likeness (QED) is 0.869. The number of aliphatic hydroxyl groups is 1. The lowest BCUT2D eigenvalue weighted by Crippen LogP contribution is -2.48. The molecule has 1 atom stereocenters. The SMILES string of the molecule is Cl.N[C@@H](Cc1ccccc1)C(=O)N1CCC(O)CC1. The zero-order valence-corrected chi connectivity index (χ0v) is 11.7. The zero-order valence-electron chi connectivity index (χ0n) is 10.9. The average molecular weight is 285 g/mol. The van der Waals surface area contributed by atoms with Crippen molar-refractivity contribution in [3.63, 3.8) is 0 Å². The topological polar surface area (TPSA) is 66.6 Å². The van der Waals surface area contributed by atoms with Crippen LogP contribution >= 0.6 is 12.4 Å². The maximum atomic E-state index is 12.1. The number of hydrogen-bond donors (Lipinski definition) is 2. The van der Waals surface area contributed by atoms with Crippen LogP contribution in [-0.2, 0) is 11.2 Å². The molecule has 4 nitrogen and oxygen atoms in total. The van der Waals surface area contributed by atoms with Gasteiger partial charge >= 0.3 is 0 Å². The second kappa shape index (κ2) is 7.48. The van der Waals surface area contributed by atoms with Gasteiger partial charge in [-0.1, -0.05) is 30.3 Å². The Morgan fingerprint density at radius 3 is 2.47 bits per heavy atom. The van der Waals surface area contributed by atoms with Gasteiger partial charge in [0, 0.05) is 13.1 Å². The van der Waals surface area contributed by atoms with Gasteiger partial charge in [-0.15, -0.1) is 12.4 Å². The molecule has 1 aliphatic rings. The van der Waals surface area contributed by atoms with Gasteiger partial charge in [-0.2, -0.15) is 0 Å². The van der Waals surface area contributed by atoms with Crippen LogP contribution in [0.2, 0.25) is 0 Å². The molecule has 0 saturated carbocycles. The fourth-order valence-corrected chi connectivity index (χ4v) is 2.28. The Morgan fingerprint density at radius 2 is 1.89 bits per heavy atom. The summed E-state index contributed by atoms with van der Waals surface area (Å²) in [4.78, 5) is 13.9.